The summed E-state index contributed by atoms with van der Waals surface area (Å²) in [6, 6.07) is 9.49. The van der Waals surface area contributed by atoms with Crippen LogP contribution in [0.2, 0.25) is 0 Å². The maximum Gasteiger partial charge on any atom is 0.225 e. The van der Waals surface area contributed by atoms with Gasteiger partial charge in [0.05, 0.1) is 6.54 Å². The van der Waals surface area contributed by atoms with Crippen molar-refractivity contribution in [1.82, 2.24) is 10.2 Å². The number of para-hydroxylation sites is 1. The zero-order chi connectivity index (χ0) is 16.6. The summed E-state index contributed by atoms with van der Waals surface area (Å²) in [5.41, 5.74) is -0.432. The van der Waals surface area contributed by atoms with Crippen LogP contribution in [-0.4, -0.2) is 43.5 Å². The van der Waals surface area contributed by atoms with Gasteiger partial charge in [0.25, 0.3) is 0 Å². The Bertz CT molecular complexity index is 480. The Labute approximate surface area is 132 Å². The number of likely N-dealkylation sites (N-methyl/N-ethyl adjacent to an activating group) is 1. The van der Waals surface area contributed by atoms with Crippen molar-refractivity contribution in [2.24, 2.45) is 5.41 Å². The second-order valence-corrected chi connectivity index (χ2v) is 6.23. The molecule has 0 aromatic heterocycles. The van der Waals surface area contributed by atoms with Crippen LogP contribution in [0.15, 0.2) is 30.3 Å². The molecule has 1 aromatic carbocycles. The van der Waals surface area contributed by atoms with Crippen LogP contribution in [0.3, 0.4) is 0 Å². The number of hydrogen-bond acceptors (Lipinski definition) is 3. The van der Waals surface area contributed by atoms with Gasteiger partial charge in [-0.2, -0.15) is 0 Å². The third-order valence-electron chi connectivity index (χ3n) is 3.17. The average molecular weight is 306 g/mol. The molecule has 0 radical (unpaired) electrons. The molecule has 5 heteroatoms. The minimum atomic E-state index is -0.432. The van der Waals surface area contributed by atoms with Crippen LogP contribution < -0.4 is 10.1 Å². The molecule has 122 valence electrons. The summed E-state index contributed by atoms with van der Waals surface area (Å²) < 4.78 is 5.55. The van der Waals surface area contributed by atoms with Crippen molar-refractivity contribution < 1.29 is 14.3 Å². The normalized spacial score (nSPS) is 10.9. The molecule has 1 rings (SSSR count). The molecule has 5 nitrogen and oxygen atoms in total. The van der Waals surface area contributed by atoms with Gasteiger partial charge in [0, 0.05) is 25.4 Å². The van der Waals surface area contributed by atoms with E-state index in [2.05, 4.69) is 5.32 Å². The van der Waals surface area contributed by atoms with Crippen molar-refractivity contribution >= 4 is 11.8 Å². The summed E-state index contributed by atoms with van der Waals surface area (Å²) in [6.07, 6.45) is 0.295. The fraction of sp³-hybridized carbons (Fsp3) is 0.529. The predicted molar refractivity (Wildman–Crippen MR) is 86.7 cm³/mol. The number of hydrogen-bond donors (Lipinski definition) is 1. The van der Waals surface area contributed by atoms with E-state index in [0.717, 1.165) is 5.75 Å². The molecule has 0 aliphatic rings. The lowest BCUT2D eigenvalue weighted by atomic mass is 9.96. The first-order valence-electron chi connectivity index (χ1n) is 7.51. The minimum absolute atomic E-state index is 0.00845. The summed E-state index contributed by atoms with van der Waals surface area (Å²) in [5.74, 6) is 0.738. The number of nitrogens with zero attached hydrogens (tertiary/aromatic N) is 1. The molecule has 0 heterocycles. The molecule has 0 aliphatic heterocycles. The number of benzene rings is 1. The molecule has 0 atom stereocenters. The topological polar surface area (TPSA) is 58.6 Å². The summed E-state index contributed by atoms with van der Waals surface area (Å²) in [5, 5.41) is 2.77. The molecule has 0 spiro atoms. The van der Waals surface area contributed by atoms with Crippen LogP contribution in [0, 0.1) is 5.41 Å². The van der Waals surface area contributed by atoms with E-state index in [4.69, 9.17) is 4.74 Å². The highest BCUT2D eigenvalue weighted by Crippen LogP contribution is 2.12. The van der Waals surface area contributed by atoms with Crippen LogP contribution in [0.1, 0.15) is 27.2 Å². The highest BCUT2D eigenvalue weighted by Gasteiger charge is 2.20. The second kappa shape index (κ2) is 8.41. The first-order chi connectivity index (χ1) is 10.3. The fourth-order valence-corrected chi connectivity index (χ4v) is 1.68. The Morgan fingerprint density at radius 2 is 1.82 bits per heavy atom. The second-order valence-electron chi connectivity index (χ2n) is 6.23. The zero-order valence-electron chi connectivity index (χ0n) is 13.9. The number of carbonyl (C=O) groups is 2. The molecule has 1 aromatic rings. The van der Waals surface area contributed by atoms with E-state index in [1.165, 1.54) is 0 Å². The number of carbonyl (C=O) groups excluding carboxylic acids is 2. The first-order valence-corrected chi connectivity index (χ1v) is 7.51. The first kappa shape index (κ1) is 18.0. The minimum Gasteiger partial charge on any atom is -0.492 e. The number of amides is 2. The molecule has 0 fully saturated rings. The molecular formula is C17H26N2O3. The molecule has 0 saturated carbocycles. The Balaban J connectivity index is 2.21. The van der Waals surface area contributed by atoms with Crippen molar-refractivity contribution in [3.63, 3.8) is 0 Å². The summed E-state index contributed by atoms with van der Waals surface area (Å²) >= 11 is 0. The van der Waals surface area contributed by atoms with Gasteiger partial charge in [-0.15, -0.1) is 0 Å². The maximum atomic E-state index is 11.9. The summed E-state index contributed by atoms with van der Waals surface area (Å²) in [4.78, 5) is 25.2. The molecule has 0 saturated heterocycles. The van der Waals surface area contributed by atoms with E-state index in [1.54, 1.807) is 11.9 Å². The van der Waals surface area contributed by atoms with Crippen LogP contribution in [0.5, 0.6) is 5.75 Å². The van der Waals surface area contributed by atoms with Gasteiger partial charge < -0.3 is 15.0 Å². The van der Waals surface area contributed by atoms with E-state index in [1.807, 2.05) is 51.1 Å². The summed E-state index contributed by atoms with van der Waals surface area (Å²) in [7, 11) is 1.74. The smallest absolute Gasteiger partial charge is 0.225 e. The number of rotatable bonds is 7. The highest BCUT2D eigenvalue weighted by atomic mass is 16.5. The van der Waals surface area contributed by atoms with Gasteiger partial charge in [-0.05, 0) is 12.1 Å². The van der Waals surface area contributed by atoms with Crippen molar-refractivity contribution in [3.8, 4) is 5.75 Å². The number of ether oxygens (including phenoxy) is 1. The lowest BCUT2D eigenvalue weighted by Gasteiger charge is -2.20. The van der Waals surface area contributed by atoms with E-state index in [9.17, 15) is 9.59 Å². The molecule has 0 aliphatic carbocycles. The highest BCUT2D eigenvalue weighted by molar-refractivity contribution is 5.82. The van der Waals surface area contributed by atoms with Crippen LogP contribution in [0.4, 0.5) is 0 Å². The van der Waals surface area contributed by atoms with Crippen LogP contribution >= 0.6 is 0 Å². The van der Waals surface area contributed by atoms with Crippen molar-refractivity contribution in [2.45, 2.75) is 27.2 Å². The molecule has 2 amide bonds. The van der Waals surface area contributed by atoms with E-state index < -0.39 is 5.41 Å². The van der Waals surface area contributed by atoms with E-state index in [-0.39, 0.29) is 11.8 Å². The number of nitrogens with one attached hydrogen (secondary N) is 1. The SMILES string of the molecule is CN(CCOc1ccccc1)C(=O)CCNC(=O)C(C)(C)C. The van der Waals surface area contributed by atoms with Gasteiger partial charge in [-0.3, -0.25) is 9.59 Å². The lowest BCUT2D eigenvalue weighted by Crippen LogP contribution is -2.38. The van der Waals surface area contributed by atoms with Gasteiger partial charge in [-0.25, -0.2) is 0 Å². The summed E-state index contributed by atoms with van der Waals surface area (Å²) in [6.45, 7) is 6.85. The van der Waals surface area contributed by atoms with Crippen molar-refractivity contribution in [1.29, 1.82) is 0 Å². The van der Waals surface area contributed by atoms with Gasteiger partial charge in [-0.1, -0.05) is 39.0 Å². The molecule has 22 heavy (non-hydrogen) atoms. The molecular weight excluding hydrogens is 280 g/mol. The third kappa shape index (κ3) is 6.61. The van der Waals surface area contributed by atoms with Gasteiger partial charge >= 0.3 is 0 Å². The predicted octanol–water partition coefficient (Wildman–Crippen LogP) is 2.08. The Morgan fingerprint density at radius 1 is 1.18 bits per heavy atom. The van der Waals surface area contributed by atoms with Crippen LogP contribution in [0.25, 0.3) is 0 Å². The van der Waals surface area contributed by atoms with Gasteiger partial charge in [0.15, 0.2) is 0 Å². The Morgan fingerprint density at radius 3 is 2.41 bits per heavy atom. The average Bonchev–Trinajstić information content (AvgIpc) is 2.47. The monoisotopic (exact) mass is 306 g/mol. The van der Waals surface area contributed by atoms with Crippen molar-refractivity contribution in [3.05, 3.63) is 30.3 Å². The third-order valence-corrected chi connectivity index (χ3v) is 3.17. The zero-order valence-corrected chi connectivity index (χ0v) is 13.9. The molecule has 1 N–H and O–H groups in total. The van der Waals surface area contributed by atoms with E-state index >= 15 is 0 Å². The van der Waals surface area contributed by atoms with Gasteiger partial charge in [0.2, 0.25) is 11.8 Å². The van der Waals surface area contributed by atoms with E-state index in [0.29, 0.717) is 26.1 Å². The standard InChI is InChI=1S/C17H26N2O3/c1-17(2,3)16(21)18-11-10-15(20)19(4)12-13-22-14-8-6-5-7-9-14/h5-9H,10-13H2,1-4H3,(H,18,21). The molecule has 0 bridgehead atoms. The van der Waals surface area contributed by atoms with Crippen LogP contribution in [-0.2, 0) is 9.59 Å². The Hall–Kier alpha value is -2.04. The van der Waals surface area contributed by atoms with Gasteiger partial charge in [0.1, 0.15) is 12.4 Å². The Kier molecular flexibility index (Phi) is 6.89. The molecule has 0 unspecified atom stereocenters. The fourth-order valence-electron chi connectivity index (χ4n) is 1.68. The lowest BCUT2D eigenvalue weighted by molar-refractivity contribution is -0.131. The quantitative estimate of drug-likeness (QED) is 0.839. The maximum absolute atomic E-state index is 11.9. The van der Waals surface area contributed by atoms with Crippen molar-refractivity contribution in [2.75, 3.05) is 26.7 Å². The largest absolute Gasteiger partial charge is 0.492 e.